The van der Waals surface area contributed by atoms with Gasteiger partial charge in [-0.05, 0) is 61.6 Å². The largest absolute Gasteiger partial charge is 0.495 e. The Morgan fingerprint density at radius 2 is 1.91 bits per heavy atom. The van der Waals surface area contributed by atoms with Gasteiger partial charge in [-0.15, -0.1) is 0 Å². The number of carbonyl (C=O) groups is 1. The third-order valence-electron chi connectivity index (χ3n) is 4.24. The number of hydrogen-bond donors (Lipinski definition) is 2. The van der Waals surface area contributed by atoms with Crippen molar-refractivity contribution in [1.82, 2.24) is 0 Å². The van der Waals surface area contributed by atoms with E-state index >= 15 is 0 Å². The standard InChI is InChI=1S/C19H22N2O2/c1-13(19(22)21-17-8-3-4-9-18(17)23-2)20-16-11-10-14-6-5-7-15(14)12-16/h3-4,8-13,20H,5-7H2,1-2H3,(H,21,22)/t13-/m0/s1. The Balaban J connectivity index is 1.66. The summed E-state index contributed by atoms with van der Waals surface area (Å²) >= 11 is 0. The Hall–Kier alpha value is -2.49. The molecule has 1 aliphatic rings. The molecule has 0 unspecified atom stereocenters. The first-order valence-corrected chi connectivity index (χ1v) is 7.99. The van der Waals surface area contributed by atoms with E-state index in [0.717, 1.165) is 12.1 Å². The monoisotopic (exact) mass is 310 g/mol. The van der Waals surface area contributed by atoms with Crippen LogP contribution in [0.4, 0.5) is 11.4 Å². The molecule has 0 heterocycles. The maximum absolute atomic E-state index is 12.4. The number of anilines is 2. The fourth-order valence-corrected chi connectivity index (χ4v) is 2.97. The summed E-state index contributed by atoms with van der Waals surface area (Å²) in [6.07, 6.45) is 3.52. The summed E-state index contributed by atoms with van der Waals surface area (Å²) in [5.41, 5.74) is 4.50. The molecule has 2 N–H and O–H groups in total. The molecule has 2 aromatic rings. The first kappa shape index (κ1) is 15.4. The van der Waals surface area contributed by atoms with Crippen LogP contribution >= 0.6 is 0 Å². The maximum atomic E-state index is 12.4. The van der Waals surface area contributed by atoms with E-state index in [1.807, 2.05) is 31.2 Å². The minimum absolute atomic E-state index is 0.0880. The number of para-hydroxylation sites is 2. The summed E-state index contributed by atoms with van der Waals surface area (Å²) in [5, 5.41) is 6.18. The van der Waals surface area contributed by atoms with Crippen molar-refractivity contribution in [3.63, 3.8) is 0 Å². The van der Waals surface area contributed by atoms with Gasteiger partial charge in [-0.2, -0.15) is 0 Å². The molecule has 4 heteroatoms. The number of fused-ring (bicyclic) bond motifs is 1. The van der Waals surface area contributed by atoms with Gasteiger partial charge in [-0.25, -0.2) is 0 Å². The van der Waals surface area contributed by atoms with Crippen molar-refractivity contribution in [3.05, 3.63) is 53.6 Å². The Morgan fingerprint density at radius 3 is 2.74 bits per heavy atom. The summed E-state index contributed by atoms with van der Waals surface area (Å²) in [6.45, 7) is 1.86. The van der Waals surface area contributed by atoms with E-state index < -0.39 is 0 Å². The molecule has 120 valence electrons. The Labute approximate surface area is 136 Å². The van der Waals surface area contributed by atoms with Crippen molar-refractivity contribution >= 4 is 17.3 Å². The summed E-state index contributed by atoms with van der Waals surface area (Å²) in [6, 6.07) is 13.5. The van der Waals surface area contributed by atoms with Crippen molar-refractivity contribution in [2.24, 2.45) is 0 Å². The van der Waals surface area contributed by atoms with Crippen LogP contribution in [0, 0.1) is 0 Å². The second kappa shape index (κ2) is 6.73. The maximum Gasteiger partial charge on any atom is 0.246 e. The topological polar surface area (TPSA) is 50.4 Å². The van der Waals surface area contributed by atoms with Crippen LogP contribution in [0.2, 0.25) is 0 Å². The number of methoxy groups -OCH3 is 1. The lowest BCUT2D eigenvalue weighted by Gasteiger charge is -2.17. The lowest BCUT2D eigenvalue weighted by atomic mass is 10.1. The van der Waals surface area contributed by atoms with Crippen LogP contribution in [0.5, 0.6) is 5.75 Å². The van der Waals surface area contributed by atoms with E-state index in [2.05, 4.69) is 28.8 Å². The fourth-order valence-electron chi connectivity index (χ4n) is 2.97. The minimum atomic E-state index is -0.334. The highest BCUT2D eigenvalue weighted by Crippen LogP contribution is 2.26. The van der Waals surface area contributed by atoms with Crippen LogP contribution in [0.25, 0.3) is 0 Å². The van der Waals surface area contributed by atoms with Crippen molar-refractivity contribution in [2.45, 2.75) is 32.2 Å². The Morgan fingerprint density at radius 1 is 1.13 bits per heavy atom. The van der Waals surface area contributed by atoms with Crippen LogP contribution < -0.4 is 15.4 Å². The molecule has 3 rings (SSSR count). The third kappa shape index (κ3) is 3.47. The van der Waals surface area contributed by atoms with Gasteiger partial charge in [0.1, 0.15) is 11.8 Å². The van der Waals surface area contributed by atoms with Gasteiger partial charge in [-0.3, -0.25) is 4.79 Å². The Bertz CT molecular complexity index is 712. The van der Waals surface area contributed by atoms with Gasteiger partial charge in [0.25, 0.3) is 0 Å². The molecular formula is C19H22N2O2. The lowest BCUT2D eigenvalue weighted by Crippen LogP contribution is -2.32. The van der Waals surface area contributed by atoms with Gasteiger partial charge in [0.2, 0.25) is 5.91 Å². The van der Waals surface area contributed by atoms with Gasteiger partial charge < -0.3 is 15.4 Å². The van der Waals surface area contributed by atoms with Gasteiger partial charge in [0, 0.05) is 5.69 Å². The van der Waals surface area contributed by atoms with Gasteiger partial charge in [0.15, 0.2) is 0 Å². The number of benzene rings is 2. The number of nitrogens with one attached hydrogen (secondary N) is 2. The van der Waals surface area contributed by atoms with Gasteiger partial charge >= 0.3 is 0 Å². The predicted octanol–water partition coefficient (Wildman–Crippen LogP) is 3.62. The number of aryl methyl sites for hydroxylation is 2. The zero-order chi connectivity index (χ0) is 16.2. The smallest absolute Gasteiger partial charge is 0.246 e. The highest BCUT2D eigenvalue weighted by molar-refractivity contribution is 5.97. The zero-order valence-corrected chi connectivity index (χ0v) is 13.6. The SMILES string of the molecule is COc1ccccc1NC(=O)[C@H](C)Nc1ccc2c(c1)CCC2. The molecule has 0 fully saturated rings. The molecule has 0 aliphatic heterocycles. The molecule has 4 nitrogen and oxygen atoms in total. The molecule has 1 atom stereocenters. The zero-order valence-electron chi connectivity index (χ0n) is 13.6. The van der Waals surface area contributed by atoms with E-state index in [9.17, 15) is 4.79 Å². The van der Waals surface area contributed by atoms with Crippen molar-refractivity contribution < 1.29 is 9.53 Å². The van der Waals surface area contributed by atoms with E-state index in [-0.39, 0.29) is 11.9 Å². The normalized spacial score (nSPS) is 14.0. The summed E-state index contributed by atoms with van der Waals surface area (Å²) in [7, 11) is 1.59. The molecular weight excluding hydrogens is 288 g/mol. The van der Waals surface area contributed by atoms with Gasteiger partial charge in [-0.1, -0.05) is 18.2 Å². The molecule has 2 aromatic carbocycles. The average Bonchev–Trinajstić information content (AvgIpc) is 3.03. The van der Waals surface area contributed by atoms with E-state index in [4.69, 9.17) is 4.74 Å². The quantitative estimate of drug-likeness (QED) is 0.887. The van der Waals surface area contributed by atoms with Crippen molar-refractivity contribution in [3.8, 4) is 5.75 Å². The van der Waals surface area contributed by atoms with E-state index in [0.29, 0.717) is 11.4 Å². The molecule has 1 amide bonds. The summed E-state index contributed by atoms with van der Waals surface area (Å²) in [5.74, 6) is 0.570. The molecule has 0 saturated heterocycles. The van der Waals surface area contributed by atoms with Crippen molar-refractivity contribution in [1.29, 1.82) is 0 Å². The highest BCUT2D eigenvalue weighted by Gasteiger charge is 2.16. The fraction of sp³-hybridized carbons (Fsp3) is 0.316. The molecule has 1 aliphatic carbocycles. The lowest BCUT2D eigenvalue weighted by molar-refractivity contribution is -0.116. The minimum Gasteiger partial charge on any atom is -0.495 e. The van der Waals surface area contributed by atoms with Crippen LogP contribution in [0.3, 0.4) is 0 Å². The molecule has 0 saturated carbocycles. The third-order valence-corrected chi connectivity index (χ3v) is 4.24. The second-order valence-corrected chi connectivity index (χ2v) is 5.89. The number of ether oxygens (including phenoxy) is 1. The van der Waals surface area contributed by atoms with Crippen LogP contribution in [-0.4, -0.2) is 19.1 Å². The number of hydrogen-bond acceptors (Lipinski definition) is 3. The Kier molecular flexibility index (Phi) is 4.51. The number of carbonyl (C=O) groups excluding carboxylic acids is 1. The van der Waals surface area contributed by atoms with Gasteiger partial charge in [0.05, 0.1) is 12.8 Å². The average molecular weight is 310 g/mol. The molecule has 0 bridgehead atoms. The van der Waals surface area contributed by atoms with Crippen LogP contribution in [-0.2, 0) is 17.6 Å². The first-order valence-electron chi connectivity index (χ1n) is 7.99. The molecule has 23 heavy (non-hydrogen) atoms. The molecule has 0 spiro atoms. The highest BCUT2D eigenvalue weighted by atomic mass is 16.5. The summed E-state index contributed by atoms with van der Waals surface area (Å²) in [4.78, 5) is 12.4. The molecule has 0 radical (unpaired) electrons. The van der Waals surface area contributed by atoms with Crippen LogP contribution in [0.1, 0.15) is 24.5 Å². The van der Waals surface area contributed by atoms with Crippen LogP contribution in [0.15, 0.2) is 42.5 Å². The second-order valence-electron chi connectivity index (χ2n) is 5.89. The van der Waals surface area contributed by atoms with E-state index in [1.165, 1.54) is 24.0 Å². The first-order chi connectivity index (χ1) is 11.2. The summed E-state index contributed by atoms with van der Waals surface area (Å²) < 4.78 is 5.26. The number of rotatable bonds is 5. The number of amides is 1. The van der Waals surface area contributed by atoms with Crippen molar-refractivity contribution in [2.75, 3.05) is 17.7 Å². The van der Waals surface area contributed by atoms with E-state index in [1.54, 1.807) is 7.11 Å². The predicted molar refractivity (Wildman–Crippen MR) is 93.2 cm³/mol. The molecule has 0 aromatic heterocycles.